The third-order valence-electron chi connectivity index (χ3n) is 7.75. The van der Waals surface area contributed by atoms with Crippen LogP contribution in [0, 0.1) is 0 Å². The lowest BCUT2D eigenvalue weighted by Gasteiger charge is -2.31. The molecule has 3 aromatic carbocycles. The van der Waals surface area contributed by atoms with Crippen LogP contribution in [0.5, 0.6) is 0 Å². The van der Waals surface area contributed by atoms with Crippen LogP contribution in [0.25, 0.3) is 16.3 Å². The predicted octanol–water partition coefficient (Wildman–Crippen LogP) is 5.05. The highest BCUT2D eigenvalue weighted by Crippen LogP contribution is 2.30. The largest absolute Gasteiger partial charge is 0.461 e. The first kappa shape index (κ1) is 27.1. The smallest absolute Gasteiger partial charge is 0.356 e. The average Bonchev–Trinajstić information content (AvgIpc) is 3.34. The van der Waals surface area contributed by atoms with Gasteiger partial charge in [-0.15, -0.1) is 5.10 Å². The average molecular weight is 570 g/mol. The van der Waals surface area contributed by atoms with Gasteiger partial charge in [0.25, 0.3) is 5.56 Å². The van der Waals surface area contributed by atoms with E-state index < -0.39 is 5.97 Å². The number of carbonyl (C=O) groups is 1. The number of nitrogens with zero attached hydrogens (tertiary/aromatic N) is 4. The molecule has 0 saturated carbocycles. The third-order valence-corrected chi connectivity index (χ3v) is 8.11. The number of nitrogens with two attached hydrogens (primary N) is 1. The minimum Gasteiger partial charge on any atom is -0.461 e. The van der Waals surface area contributed by atoms with E-state index in [1.807, 2.05) is 66.7 Å². The van der Waals surface area contributed by atoms with Crippen molar-refractivity contribution >= 4 is 39.7 Å². The van der Waals surface area contributed by atoms with Crippen molar-refractivity contribution in [3.8, 4) is 0 Å². The van der Waals surface area contributed by atoms with E-state index in [9.17, 15) is 9.59 Å². The number of esters is 1. The molecule has 0 aliphatic carbocycles. The summed E-state index contributed by atoms with van der Waals surface area (Å²) in [6.45, 7) is 3.55. The van der Waals surface area contributed by atoms with Crippen LogP contribution in [0.2, 0.25) is 5.02 Å². The van der Waals surface area contributed by atoms with E-state index >= 15 is 0 Å². The van der Waals surface area contributed by atoms with E-state index in [1.54, 1.807) is 13.1 Å². The fourth-order valence-electron chi connectivity index (χ4n) is 5.78. The molecule has 9 heteroatoms. The number of hydrogen-bond acceptors (Lipinski definition) is 6. The summed E-state index contributed by atoms with van der Waals surface area (Å²) in [7, 11) is 0. The van der Waals surface area contributed by atoms with Gasteiger partial charge >= 0.3 is 5.97 Å². The molecule has 1 atom stereocenters. The third kappa shape index (κ3) is 5.21. The lowest BCUT2D eigenvalue weighted by molar-refractivity contribution is 0.0511. The van der Waals surface area contributed by atoms with Gasteiger partial charge in [-0.1, -0.05) is 72.3 Å². The lowest BCUT2D eigenvalue weighted by atomic mass is 10.0. The molecule has 210 valence electrons. The zero-order valence-electron chi connectivity index (χ0n) is 22.9. The Morgan fingerprint density at radius 3 is 2.63 bits per heavy atom. The van der Waals surface area contributed by atoms with Crippen LogP contribution in [0.15, 0.2) is 77.7 Å². The molecule has 6 rings (SSSR count). The van der Waals surface area contributed by atoms with Gasteiger partial charge in [0, 0.05) is 36.1 Å². The molecule has 5 aromatic rings. The highest BCUT2D eigenvalue weighted by Gasteiger charge is 2.28. The summed E-state index contributed by atoms with van der Waals surface area (Å²) in [5.74, 6) is 0.117. The number of benzene rings is 3. The van der Waals surface area contributed by atoms with E-state index in [0.717, 1.165) is 46.8 Å². The van der Waals surface area contributed by atoms with E-state index in [1.165, 1.54) is 9.08 Å². The highest BCUT2D eigenvalue weighted by molar-refractivity contribution is 6.31. The standard InChI is InChI=1S/C32H32ClN5O3/c1-2-41-32(40)28-20-38-29(31(39)37(28)18-23-12-7-11-21-9-3-5-14-25(21)23)26(17-22-10-4-6-15-27(22)33)30(35-38)36-16-8-13-24(34)19-36/h3-7,9-12,14-15,20,24H,2,8,13,16-19,34H2,1H3/t24-/m1/s1. The van der Waals surface area contributed by atoms with Gasteiger partial charge in [0.1, 0.15) is 11.2 Å². The first-order valence-corrected chi connectivity index (χ1v) is 14.3. The first-order chi connectivity index (χ1) is 19.9. The Balaban J connectivity index is 1.59. The Labute approximate surface area is 242 Å². The Morgan fingerprint density at radius 1 is 1.07 bits per heavy atom. The van der Waals surface area contributed by atoms with Crippen LogP contribution in [-0.4, -0.2) is 45.9 Å². The number of halogens is 1. The molecule has 8 nitrogen and oxygen atoms in total. The van der Waals surface area contributed by atoms with Gasteiger partial charge in [-0.25, -0.2) is 9.31 Å². The maximum atomic E-state index is 14.5. The van der Waals surface area contributed by atoms with Crippen LogP contribution >= 0.6 is 11.6 Å². The van der Waals surface area contributed by atoms with Gasteiger partial charge in [-0.2, -0.15) is 0 Å². The second kappa shape index (κ2) is 11.4. The van der Waals surface area contributed by atoms with Gasteiger partial charge in [-0.05, 0) is 47.7 Å². The summed E-state index contributed by atoms with van der Waals surface area (Å²) in [6, 6.07) is 21.6. The molecule has 0 amide bonds. The molecular formula is C32H32ClN5O3. The van der Waals surface area contributed by atoms with Gasteiger partial charge in [0.15, 0.2) is 5.82 Å². The summed E-state index contributed by atoms with van der Waals surface area (Å²) in [4.78, 5) is 29.8. The molecule has 1 aliphatic heterocycles. The predicted molar refractivity (Wildman–Crippen MR) is 162 cm³/mol. The van der Waals surface area contributed by atoms with Crippen LogP contribution < -0.4 is 16.2 Å². The van der Waals surface area contributed by atoms with Crippen LogP contribution in [0.1, 0.15) is 46.9 Å². The molecule has 41 heavy (non-hydrogen) atoms. The van der Waals surface area contributed by atoms with E-state index in [2.05, 4.69) is 4.90 Å². The fourth-order valence-corrected chi connectivity index (χ4v) is 5.98. The zero-order valence-corrected chi connectivity index (χ0v) is 23.7. The maximum absolute atomic E-state index is 14.5. The quantitative estimate of drug-likeness (QED) is 0.276. The van der Waals surface area contributed by atoms with Crippen molar-refractivity contribution in [1.29, 1.82) is 0 Å². The van der Waals surface area contributed by atoms with Crippen molar-refractivity contribution in [3.63, 3.8) is 0 Å². The van der Waals surface area contributed by atoms with Crippen LogP contribution in [0.4, 0.5) is 5.82 Å². The monoisotopic (exact) mass is 569 g/mol. The van der Waals surface area contributed by atoms with E-state index in [4.69, 9.17) is 27.2 Å². The number of hydrogen-bond donors (Lipinski definition) is 1. The summed E-state index contributed by atoms with van der Waals surface area (Å²) in [5.41, 5.74) is 9.16. The summed E-state index contributed by atoms with van der Waals surface area (Å²) in [6.07, 6.45) is 3.89. The molecule has 2 aromatic heterocycles. The lowest BCUT2D eigenvalue weighted by Crippen LogP contribution is -2.43. The first-order valence-electron chi connectivity index (χ1n) is 14.0. The molecular weight excluding hydrogens is 538 g/mol. The summed E-state index contributed by atoms with van der Waals surface area (Å²) in [5, 5.41) is 7.58. The zero-order chi connectivity index (χ0) is 28.5. The summed E-state index contributed by atoms with van der Waals surface area (Å²) >= 11 is 6.58. The van der Waals surface area contributed by atoms with E-state index in [0.29, 0.717) is 29.3 Å². The minimum atomic E-state index is -0.573. The molecule has 1 saturated heterocycles. The second-order valence-corrected chi connectivity index (χ2v) is 10.9. The van der Waals surface area contributed by atoms with E-state index in [-0.39, 0.29) is 30.4 Å². The van der Waals surface area contributed by atoms with Gasteiger partial charge in [0.05, 0.1) is 19.3 Å². The molecule has 0 bridgehead atoms. The Hall–Kier alpha value is -4.14. The number of anilines is 1. The molecule has 0 unspecified atom stereocenters. The van der Waals surface area contributed by atoms with Crippen molar-refractivity contribution in [2.45, 2.75) is 38.8 Å². The maximum Gasteiger partial charge on any atom is 0.356 e. The Bertz CT molecular complexity index is 1810. The number of rotatable bonds is 7. The minimum absolute atomic E-state index is 0.0137. The van der Waals surface area contributed by atoms with Crippen molar-refractivity contribution < 1.29 is 9.53 Å². The number of carbonyl (C=O) groups excluding carboxylic acids is 1. The molecule has 0 spiro atoms. The van der Waals surface area contributed by atoms with Gasteiger partial charge < -0.3 is 15.4 Å². The van der Waals surface area contributed by atoms with Gasteiger partial charge in [0.2, 0.25) is 0 Å². The normalized spacial score (nSPS) is 15.5. The summed E-state index contributed by atoms with van der Waals surface area (Å²) < 4.78 is 8.44. The van der Waals surface area contributed by atoms with Crippen LogP contribution in [-0.2, 0) is 17.7 Å². The number of piperidine rings is 1. The number of aromatic nitrogens is 3. The van der Waals surface area contributed by atoms with Crippen LogP contribution in [0.3, 0.4) is 0 Å². The molecule has 1 fully saturated rings. The SMILES string of the molecule is CCOC(=O)c1cn2nc(N3CCC[C@@H](N)C3)c(Cc3ccccc3Cl)c2c(=O)n1Cc1cccc2ccccc12. The molecule has 2 N–H and O–H groups in total. The number of fused-ring (bicyclic) bond motifs is 2. The van der Waals surface area contributed by atoms with Crippen molar-refractivity contribution in [1.82, 2.24) is 14.2 Å². The molecule has 1 aliphatic rings. The topological polar surface area (TPSA) is 94.9 Å². The van der Waals surface area contributed by atoms with Gasteiger partial charge in [-0.3, -0.25) is 9.36 Å². The van der Waals surface area contributed by atoms with Crippen molar-refractivity contribution in [2.24, 2.45) is 5.73 Å². The van der Waals surface area contributed by atoms with Crippen molar-refractivity contribution in [3.05, 3.63) is 111 Å². The fraction of sp³-hybridized carbons (Fsp3) is 0.281. The second-order valence-electron chi connectivity index (χ2n) is 10.5. The van der Waals surface area contributed by atoms with Crippen molar-refractivity contribution in [2.75, 3.05) is 24.6 Å². The Morgan fingerprint density at radius 2 is 1.83 bits per heavy atom. The molecule has 0 radical (unpaired) electrons. The highest BCUT2D eigenvalue weighted by atomic mass is 35.5. The number of ether oxygens (including phenoxy) is 1. The molecule has 3 heterocycles. The Kier molecular flexibility index (Phi) is 7.51.